The molecule has 0 radical (unpaired) electrons. The van der Waals surface area contributed by atoms with E-state index in [4.69, 9.17) is 15.2 Å². The molecule has 0 aliphatic carbocycles. The molecule has 0 saturated carbocycles. The summed E-state index contributed by atoms with van der Waals surface area (Å²) in [4.78, 5) is 11.8. The summed E-state index contributed by atoms with van der Waals surface area (Å²) in [5.74, 6) is -0.391. The van der Waals surface area contributed by atoms with Crippen LogP contribution in [0.15, 0.2) is 42.5 Å². The molecule has 0 spiro atoms. The first kappa shape index (κ1) is 16.8. The summed E-state index contributed by atoms with van der Waals surface area (Å²) >= 11 is 0. The minimum Gasteiger partial charge on any atom is -0.481 e. The smallest absolute Gasteiger partial charge is 0.344 e. The fraction of sp³-hybridized carbons (Fsp3) is 0.278. The van der Waals surface area contributed by atoms with Crippen molar-refractivity contribution in [3.05, 3.63) is 48.3 Å². The molecule has 0 aliphatic rings. The van der Waals surface area contributed by atoms with Gasteiger partial charge in [0.2, 0.25) is 0 Å². The number of carbonyl (C=O) groups excluding carboxylic acids is 1. The lowest BCUT2D eigenvalue weighted by Gasteiger charge is -2.20. The summed E-state index contributed by atoms with van der Waals surface area (Å²) in [7, 11) is 0. The molecular formula is C18H20FNO3. The predicted molar refractivity (Wildman–Crippen MR) is 87.6 cm³/mol. The minimum atomic E-state index is -0.576. The minimum absolute atomic E-state index is 0.233. The third-order valence-electron chi connectivity index (χ3n) is 2.90. The van der Waals surface area contributed by atoms with Crippen molar-refractivity contribution in [3.8, 4) is 16.9 Å². The fourth-order valence-corrected chi connectivity index (χ4v) is 2.06. The van der Waals surface area contributed by atoms with E-state index >= 15 is 0 Å². The van der Waals surface area contributed by atoms with Gasteiger partial charge in [0.15, 0.2) is 6.61 Å². The molecule has 2 N–H and O–H groups in total. The summed E-state index contributed by atoms with van der Waals surface area (Å²) in [6.45, 7) is 5.12. The molecule has 2 aromatic carbocycles. The van der Waals surface area contributed by atoms with Crippen LogP contribution in [0.2, 0.25) is 0 Å². The molecule has 0 aromatic heterocycles. The zero-order valence-corrected chi connectivity index (χ0v) is 13.4. The molecule has 0 heterocycles. The van der Waals surface area contributed by atoms with Gasteiger partial charge in [0.1, 0.15) is 17.2 Å². The van der Waals surface area contributed by atoms with Gasteiger partial charge in [-0.1, -0.05) is 12.1 Å². The van der Waals surface area contributed by atoms with Gasteiger partial charge in [0.25, 0.3) is 0 Å². The van der Waals surface area contributed by atoms with Gasteiger partial charge in [0.05, 0.1) is 0 Å². The molecule has 0 fully saturated rings. The highest BCUT2D eigenvalue weighted by molar-refractivity contribution is 5.75. The number of rotatable bonds is 4. The second-order valence-electron chi connectivity index (χ2n) is 6.14. The van der Waals surface area contributed by atoms with Crippen molar-refractivity contribution in [2.45, 2.75) is 26.4 Å². The van der Waals surface area contributed by atoms with Crippen LogP contribution < -0.4 is 10.5 Å². The Kier molecular flexibility index (Phi) is 4.89. The Morgan fingerprint density at radius 2 is 1.91 bits per heavy atom. The van der Waals surface area contributed by atoms with E-state index in [-0.39, 0.29) is 12.4 Å². The first-order valence-electron chi connectivity index (χ1n) is 7.25. The van der Waals surface area contributed by atoms with Gasteiger partial charge in [-0.25, -0.2) is 9.18 Å². The molecule has 23 heavy (non-hydrogen) atoms. The van der Waals surface area contributed by atoms with Gasteiger partial charge in [-0.15, -0.1) is 0 Å². The molecule has 2 rings (SSSR count). The van der Waals surface area contributed by atoms with Crippen LogP contribution in [0.4, 0.5) is 10.1 Å². The second kappa shape index (κ2) is 6.69. The highest BCUT2D eigenvalue weighted by Crippen LogP contribution is 2.32. The van der Waals surface area contributed by atoms with Crippen LogP contribution in [0.3, 0.4) is 0 Å². The Labute approximate surface area is 135 Å². The number of ether oxygens (including phenoxy) is 2. The van der Waals surface area contributed by atoms with Gasteiger partial charge in [-0.05, 0) is 56.7 Å². The number of halogens is 1. The number of anilines is 1. The van der Waals surface area contributed by atoms with Crippen molar-refractivity contribution >= 4 is 11.7 Å². The normalized spacial score (nSPS) is 11.1. The first-order valence-corrected chi connectivity index (χ1v) is 7.25. The summed E-state index contributed by atoms with van der Waals surface area (Å²) < 4.78 is 24.2. The average molecular weight is 317 g/mol. The SMILES string of the molecule is CC(C)(C)OC(=O)COc1ccc(N)cc1-c1cccc(F)c1. The largest absolute Gasteiger partial charge is 0.481 e. The van der Waals surface area contributed by atoms with E-state index in [1.54, 1.807) is 51.1 Å². The fourth-order valence-electron chi connectivity index (χ4n) is 2.06. The number of nitrogens with two attached hydrogens (primary N) is 1. The molecular weight excluding hydrogens is 297 g/mol. The summed E-state index contributed by atoms with van der Waals surface area (Å²) in [5, 5.41) is 0. The van der Waals surface area contributed by atoms with Gasteiger partial charge in [0, 0.05) is 11.3 Å². The van der Waals surface area contributed by atoms with Crippen LogP contribution in [-0.4, -0.2) is 18.2 Å². The number of benzene rings is 2. The maximum absolute atomic E-state index is 13.4. The van der Waals surface area contributed by atoms with E-state index in [1.165, 1.54) is 12.1 Å². The van der Waals surface area contributed by atoms with Crippen LogP contribution in [0.5, 0.6) is 5.75 Å². The lowest BCUT2D eigenvalue weighted by Crippen LogP contribution is -2.27. The Morgan fingerprint density at radius 1 is 1.17 bits per heavy atom. The molecule has 0 unspecified atom stereocenters. The summed E-state index contributed by atoms with van der Waals surface area (Å²) in [6.07, 6.45) is 0. The Hall–Kier alpha value is -2.56. The zero-order chi connectivity index (χ0) is 17.0. The van der Waals surface area contributed by atoms with E-state index < -0.39 is 11.6 Å². The molecule has 0 saturated heterocycles. The molecule has 0 atom stereocenters. The topological polar surface area (TPSA) is 61.5 Å². The maximum atomic E-state index is 13.4. The lowest BCUT2D eigenvalue weighted by molar-refractivity contribution is -0.157. The van der Waals surface area contributed by atoms with Crippen LogP contribution in [0.25, 0.3) is 11.1 Å². The molecule has 0 amide bonds. The van der Waals surface area contributed by atoms with Crippen molar-refractivity contribution in [1.82, 2.24) is 0 Å². The first-order chi connectivity index (χ1) is 10.7. The standard InChI is InChI=1S/C18H20FNO3/c1-18(2,3)23-17(21)11-22-16-8-7-14(20)10-15(16)12-5-4-6-13(19)9-12/h4-10H,11,20H2,1-3H3. The number of carbonyl (C=O) groups is 1. The Bertz CT molecular complexity index is 708. The number of nitrogen functional groups attached to an aromatic ring is 1. The van der Waals surface area contributed by atoms with Crippen molar-refractivity contribution in [2.24, 2.45) is 0 Å². The van der Waals surface area contributed by atoms with Crippen LogP contribution in [0.1, 0.15) is 20.8 Å². The number of hydrogen-bond donors (Lipinski definition) is 1. The second-order valence-corrected chi connectivity index (χ2v) is 6.14. The van der Waals surface area contributed by atoms with Crippen LogP contribution >= 0.6 is 0 Å². The third kappa shape index (κ3) is 4.98. The number of hydrogen-bond acceptors (Lipinski definition) is 4. The van der Waals surface area contributed by atoms with E-state index in [1.807, 2.05) is 0 Å². The van der Waals surface area contributed by atoms with E-state index in [0.29, 0.717) is 22.6 Å². The number of esters is 1. The highest BCUT2D eigenvalue weighted by atomic mass is 19.1. The molecule has 5 heteroatoms. The van der Waals surface area contributed by atoms with Gasteiger partial charge >= 0.3 is 5.97 Å². The summed E-state index contributed by atoms with van der Waals surface area (Å²) in [6, 6.07) is 11.1. The molecule has 4 nitrogen and oxygen atoms in total. The molecule has 0 bridgehead atoms. The Balaban J connectivity index is 2.21. The van der Waals surface area contributed by atoms with E-state index in [9.17, 15) is 9.18 Å². The van der Waals surface area contributed by atoms with Gasteiger partial charge in [-0.3, -0.25) is 0 Å². The molecule has 122 valence electrons. The predicted octanol–water partition coefficient (Wildman–Crippen LogP) is 3.80. The highest BCUT2D eigenvalue weighted by Gasteiger charge is 2.17. The van der Waals surface area contributed by atoms with Gasteiger partial charge in [-0.2, -0.15) is 0 Å². The maximum Gasteiger partial charge on any atom is 0.344 e. The van der Waals surface area contributed by atoms with Crippen molar-refractivity contribution in [1.29, 1.82) is 0 Å². The lowest BCUT2D eigenvalue weighted by atomic mass is 10.0. The third-order valence-corrected chi connectivity index (χ3v) is 2.90. The van der Waals surface area contributed by atoms with Crippen molar-refractivity contribution < 1.29 is 18.7 Å². The van der Waals surface area contributed by atoms with Crippen LogP contribution in [-0.2, 0) is 9.53 Å². The van der Waals surface area contributed by atoms with Gasteiger partial charge < -0.3 is 15.2 Å². The summed E-state index contributed by atoms with van der Waals surface area (Å²) in [5.41, 5.74) is 6.99. The quantitative estimate of drug-likeness (QED) is 0.688. The van der Waals surface area contributed by atoms with Crippen molar-refractivity contribution in [2.75, 3.05) is 12.3 Å². The monoisotopic (exact) mass is 317 g/mol. The van der Waals surface area contributed by atoms with Crippen LogP contribution in [0, 0.1) is 5.82 Å². The van der Waals surface area contributed by atoms with E-state index in [0.717, 1.165) is 0 Å². The molecule has 2 aromatic rings. The van der Waals surface area contributed by atoms with E-state index in [2.05, 4.69) is 0 Å². The Morgan fingerprint density at radius 3 is 2.57 bits per heavy atom. The average Bonchev–Trinajstić information content (AvgIpc) is 2.44. The van der Waals surface area contributed by atoms with Crippen molar-refractivity contribution in [3.63, 3.8) is 0 Å². The zero-order valence-electron chi connectivity index (χ0n) is 13.4. The molecule has 0 aliphatic heterocycles.